The number of nitrogens with zero attached hydrogens (tertiary/aromatic N) is 2. The molecule has 2 heterocycles. The van der Waals surface area contributed by atoms with Gasteiger partial charge in [0.1, 0.15) is 17.3 Å². The van der Waals surface area contributed by atoms with Gasteiger partial charge in [0.15, 0.2) is 11.5 Å². The SMILES string of the molecule is Cc1cc(C(=O)NCc2cc(-c3ccc(F)cc3)on2)no1. The van der Waals surface area contributed by atoms with E-state index in [9.17, 15) is 9.18 Å². The number of carbonyl (C=O) groups is 1. The minimum Gasteiger partial charge on any atom is -0.361 e. The van der Waals surface area contributed by atoms with Crippen LogP contribution in [-0.2, 0) is 6.54 Å². The first-order valence-electron chi connectivity index (χ1n) is 6.55. The molecule has 0 bridgehead atoms. The second kappa shape index (κ2) is 5.80. The molecule has 1 aromatic carbocycles. The molecule has 22 heavy (non-hydrogen) atoms. The van der Waals surface area contributed by atoms with E-state index in [4.69, 9.17) is 9.05 Å². The maximum Gasteiger partial charge on any atom is 0.273 e. The summed E-state index contributed by atoms with van der Waals surface area (Å²) in [6.07, 6.45) is 0. The number of carbonyl (C=O) groups excluding carboxylic acids is 1. The molecule has 0 saturated heterocycles. The Balaban J connectivity index is 1.64. The van der Waals surface area contributed by atoms with Gasteiger partial charge in [-0.2, -0.15) is 0 Å². The van der Waals surface area contributed by atoms with E-state index in [0.717, 1.165) is 0 Å². The lowest BCUT2D eigenvalue weighted by Crippen LogP contribution is -2.23. The zero-order valence-corrected chi connectivity index (χ0v) is 11.7. The molecule has 0 fully saturated rings. The Bertz CT molecular complexity index is 792. The van der Waals surface area contributed by atoms with Gasteiger partial charge in [-0.25, -0.2) is 4.39 Å². The van der Waals surface area contributed by atoms with Gasteiger partial charge in [0.05, 0.1) is 6.54 Å². The van der Waals surface area contributed by atoms with Crippen LogP contribution in [0.1, 0.15) is 21.9 Å². The third-order valence-corrected chi connectivity index (χ3v) is 2.98. The van der Waals surface area contributed by atoms with Crippen LogP contribution in [0.2, 0.25) is 0 Å². The first kappa shape index (κ1) is 14.0. The number of aryl methyl sites for hydroxylation is 1. The van der Waals surface area contributed by atoms with Crippen LogP contribution in [0.5, 0.6) is 0 Å². The van der Waals surface area contributed by atoms with Crippen LogP contribution in [-0.4, -0.2) is 16.2 Å². The van der Waals surface area contributed by atoms with Crippen molar-refractivity contribution in [1.82, 2.24) is 15.6 Å². The van der Waals surface area contributed by atoms with Crippen LogP contribution in [0, 0.1) is 12.7 Å². The predicted octanol–water partition coefficient (Wildman–Crippen LogP) is 2.71. The lowest BCUT2D eigenvalue weighted by atomic mass is 10.1. The van der Waals surface area contributed by atoms with Crippen molar-refractivity contribution >= 4 is 5.91 Å². The molecule has 0 atom stereocenters. The molecule has 0 aliphatic rings. The number of nitrogens with one attached hydrogen (secondary N) is 1. The summed E-state index contributed by atoms with van der Waals surface area (Å²) in [6.45, 7) is 1.89. The molecule has 3 rings (SSSR count). The molecule has 0 unspecified atom stereocenters. The molecular weight excluding hydrogens is 289 g/mol. The lowest BCUT2D eigenvalue weighted by Gasteiger charge is -1.97. The Labute approximate surface area is 124 Å². The normalized spacial score (nSPS) is 10.6. The van der Waals surface area contributed by atoms with Crippen molar-refractivity contribution in [3.63, 3.8) is 0 Å². The van der Waals surface area contributed by atoms with Crippen LogP contribution < -0.4 is 5.32 Å². The van der Waals surface area contributed by atoms with E-state index in [-0.39, 0.29) is 24.0 Å². The molecule has 1 N–H and O–H groups in total. The Morgan fingerprint density at radius 1 is 1.18 bits per heavy atom. The summed E-state index contributed by atoms with van der Waals surface area (Å²) < 4.78 is 22.9. The van der Waals surface area contributed by atoms with Gasteiger partial charge in [-0.1, -0.05) is 10.3 Å². The molecule has 3 aromatic rings. The summed E-state index contributed by atoms with van der Waals surface area (Å²) in [5, 5.41) is 10.1. The fourth-order valence-electron chi connectivity index (χ4n) is 1.88. The van der Waals surface area contributed by atoms with Gasteiger partial charge in [-0.15, -0.1) is 0 Å². The molecule has 0 saturated carbocycles. The number of hydrogen-bond donors (Lipinski definition) is 1. The monoisotopic (exact) mass is 301 g/mol. The number of hydrogen-bond acceptors (Lipinski definition) is 5. The largest absolute Gasteiger partial charge is 0.361 e. The summed E-state index contributed by atoms with van der Waals surface area (Å²) in [7, 11) is 0. The Hall–Kier alpha value is -2.96. The maximum atomic E-state index is 12.9. The zero-order valence-electron chi connectivity index (χ0n) is 11.7. The number of rotatable bonds is 4. The quantitative estimate of drug-likeness (QED) is 0.801. The van der Waals surface area contributed by atoms with Crippen molar-refractivity contribution in [2.45, 2.75) is 13.5 Å². The molecule has 0 spiro atoms. The lowest BCUT2D eigenvalue weighted by molar-refractivity contribution is 0.0941. The average Bonchev–Trinajstić information content (AvgIpc) is 3.15. The van der Waals surface area contributed by atoms with E-state index < -0.39 is 0 Å². The fraction of sp³-hybridized carbons (Fsp3) is 0.133. The van der Waals surface area contributed by atoms with Crippen molar-refractivity contribution < 1.29 is 18.2 Å². The van der Waals surface area contributed by atoms with E-state index in [1.54, 1.807) is 31.2 Å². The highest BCUT2D eigenvalue weighted by molar-refractivity contribution is 5.92. The summed E-state index contributed by atoms with van der Waals surface area (Å²) in [5.41, 5.74) is 1.46. The molecule has 7 heteroatoms. The predicted molar refractivity (Wildman–Crippen MR) is 74.3 cm³/mol. The summed E-state index contributed by atoms with van der Waals surface area (Å²) in [6, 6.07) is 9.09. The second-order valence-corrected chi connectivity index (χ2v) is 4.69. The van der Waals surface area contributed by atoms with Gasteiger partial charge < -0.3 is 14.4 Å². The van der Waals surface area contributed by atoms with Crippen molar-refractivity contribution in [3.8, 4) is 11.3 Å². The second-order valence-electron chi connectivity index (χ2n) is 4.69. The Morgan fingerprint density at radius 2 is 1.95 bits per heavy atom. The van der Waals surface area contributed by atoms with E-state index in [1.165, 1.54) is 12.1 Å². The highest BCUT2D eigenvalue weighted by Gasteiger charge is 2.12. The molecule has 6 nitrogen and oxygen atoms in total. The van der Waals surface area contributed by atoms with Crippen molar-refractivity contribution in [1.29, 1.82) is 0 Å². The minimum atomic E-state index is -0.358. The Kier molecular flexibility index (Phi) is 3.69. The van der Waals surface area contributed by atoms with Crippen LogP contribution in [0.15, 0.2) is 45.4 Å². The smallest absolute Gasteiger partial charge is 0.273 e. The minimum absolute atomic E-state index is 0.190. The molecule has 2 aromatic heterocycles. The third kappa shape index (κ3) is 3.03. The summed E-state index contributed by atoms with van der Waals surface area (Å²) in [4.78, 5) is 11.8. The van der Waals surface area contributed by atoms with Gasteiger partial charge >= 0.3 is 0 Å². The molecule has 1 amide bonds. The van der Waals surface area contributed by atoms with Crippen LogP contribution in [0.3, 0.4) is 0 Å². The fourth-order valence-corrected chi connectivity index (χ4v) is 1.88. The maximum absolute atomic E-state index is 12.9. The van der Waals surface area contributed by atoms with Gasteiger partial charge in [0.2, 0.25) is 0 Å². The highest BCUT2D eigenvalue weighted by atomic mass is 19.1. The highest BCUT2D eigenvalue weighted by Crippen LogP contribution is 2.20. The van der Waals surface area contributed by atoms with Crippen LogP contribution >= 0.6 is 0 Å². The van der Waals surface area contributed by atoms with Crippen molar-refractivity contribution in [2.24, 2.45) is 0 Å². The number of amides is 1. The zero-order chi connectivity index (χ0) is 15.5. The number of halogens is 1. The van der Waals surface area contributed by atoms with Gasteiger partial charge in [0, 0.05) is 17.7 Å². The topological polar surface area (TPSA) is 81.2 Å². The average molecular weight is 301 g/mol. The van der Waals surface area contributed by atoms with Gasteiger partial charge in [-0.3, -0.25) is 4.79 Å². The molecule has 0 radical (unpaired) electrons. The van der Waals surface area contributed by atoms with Crippen LogP contribution in [0.25, 0.3) is 11.3 Å². The van der Waals surface area contributed by atoms with E-state index in [1.807, 2.05) is 0 Å². The Morgan fingerprint density at radius 3 is 2.64 bits per heavy atom. The third-order valence-electron chi connectivity index (χ3n) is 2.98. The van der Waals surface area contributed by atoms with E-state index in [0.29, 0.717) is 22.8 Å². The molecule has 112 valence electrons. The van der Waals surface area contributed by atoms with Gasteiger partial charge in [0.25, 0.3) is 5.91 Å². The summed E-state index contributed by atoms with van der Waals surface area (Å²) in [5.74, 6) is 0.383. The van der Waals surface area contributed by atoms with E-state index >= 15 is 0 Å². The van der Waals surface area contributed by atoms with Crippen LogP contribution in [0.4, 0.5) is 4.39 Å². The summed E-state index contributed by atoms with van der Waals surface area (Å²) >= 11 is 0. The van der Waals surface area contributed by atoms with Crippen molar-refractivity contribution in [3.05, 3.63) is 59.4 Å². The number of benzene rings is 1. The van der Waals surface area contributed by atoms with Crippen molar-refractivity contribution in [2.75, 3.05) is 0 Å². The number of aromatic nitrogens is 2. The first-order valence-corrected chi connectivity index (χ1v) is 6.55. The van der Waals surface area contributed by atoms with Gasteiger partial charge in [-0.05, 0) is 31.2 Å². The molecule has 0 aliphatic heterocycles. The standard InChI is InChI=1S/C15H12FN3O3/c1-9-6-13(19-21-9)15(20)17-8-12-7-14(22-18-12)10-2-4-11(16)5-3-10/h2-7H,8H2,1H3,(H,17,20). The van der Waals surface area contributed by atoms with E-state index in [2.05, 4.69) is 15.6 Å². The molecular formula is C15H12FN3O3. The first-order chi connectivity index (χ1) is 10.6. The molecule has 0 aliphatic carbocycles.